The van der Waals surface area contributed by atoms with Crippen LogP contribution in [-0.2, 0) is 22.7 Å². The zero-order valence-electron chi connectivity index (χ0n) is 20.8. The van der Waals surface area contributed by atoms with Gasteiger partial charge in [-0.3, -0.25) is 0 Å². The van der Waals surface area contributed by atoms with E-state index in [1.807, 2.05) is 24.3 Å². The lowest BCUT2D eigenvalue weighted by atomic mass is 10.1. The van der Waals surface area contributed by atoms with E-state index in [9.17, 15) is 0 Å². The molecule has 4 heterocycles. The number of methoxy groups -OCH3 is 1. The Labute approximate surface area is 211 Å². The second-order valence-electron chi connectivity index (χ2n) is 8.92. The first-order valence-electron chi connectivity index (χ1n) is 12.2. The molecule has 0 atom stereocenters. The SMILES string of the molecule is COc1ncc2cc1COCC=CCOCc1cc(ccc1N1CCN(C)CC1)Nc1nccc-2n1. The molecule has 0 aliphatic carbocycles. The van der Waals surface area contributed by atoms with Crippen LogP contribution in [0.2, 0.25) is 0 Å². The predicted octanol–water partition coefficient (Wildman–Crippen LogP) is 3.65. The number of aromatic nitrogens is 3. The number of rotatable bonds is 2. The number of hydrogen-bond donors (Lipinski definition) is 1. The molecule has 9 nitrogen and oxygen atoms in total. The summed E-state index contributed by atoms with van der Waals surface area (Å²) in [7, 11) is 3.78. The van der Waals surface area contributed by atoms with Crippen LogP contribution in [0.3, 0.4) is 0 Å². The van der Waals surface area contributed by atoms with Gasteiger partial charge in [-0.05, 0) is 37.4 Å². The Bertz CT molecular complexity index is 1210. The fourth-order valence-corrected chi connectivity index (χ4v) is 4.38. The van der Waals surface area contributed by atoms with Gasteiger partial charge in [0.15, 0.2) is 0 Å². The van der Waals surface area contributed by atoms with Gasteiger partial charge >= 0.3 is 0 Å². The molecule has 0 saturated carbocycles. The molecule has 0 radical (unpaired) electrons. The van der Waals surface area contributed by atoms with Crippen molar-refractivity contribution >= 4 is 17.3 Å². The van der Waals surface area contributed by atoms with Crippen molar-refractivity contribution < 1.29 is 14.2 Å². The third-order valence-corrected chi connectivity index (χ3v) is 6.36. The summed E-state index contributed by atoms with van der Waals surface area (Å²) < 4.78 is 17.3. The predicted molar refractivity (Wildman–Crippen MR) is 140 cm³/mol. The average molecular weight is 489 g/mol. The van der Waals surface area contributed by atoms with Gasteiger partial charge in [-0.1, -0.05) is 12.2 Å². The molecule has 3 aromatic rings. The standard InChI is InChI=1S/C27H32N6O3/c1-32-9-11-33(12-10-32)25-6-5-23-16-21(25)18-35-13-3-4-14-36-19-22-15-20(17-29-26(22)34-2)24-7-8-28-27(30-23)31-24/h3-8,15-17H,9-14,18-19H2,1-2H3,(H,28,30,31). The maximum Gasteiger partial charge on any atom is 0.227 e. The van der Waals surface area contributed by atoms with Gasteiger partial charge in [0, 0.05) is 66.6 Å². The van der Waals surface area contributed by atoms with Gasteiger partial charge in [0.2, 0.25) is 11.8 Å². The van der Waals surface area contributed by atoms with Crippen molar-refractivity contribution in [3.63, 3.8) is 0 Å². The minimum absolute atomic E-state index is 0.379. The normalized spacial score (nSPS) is 17.1. The van der Waals surface area contributed by atoms with E-state index in [1.54, 1.807) is 19.5 Å². The van der Waals surface area contributed by atoms with E-state index in [2.05, 4.69) is 50.3 Å². The maximum atomic E-state index is 6.02. The van der Waals surface area contributed by atoms with Crippen LogP contribution in [0, 0.1) is 0 Å². The fourth-order valence-electron chi connectivity index (χ4n) is 4.38. The average Bonchev–Trinajstić information content (AvgIpc) is 2.90. The molecule has 188 valence electrons. The number of nitrogens with one attached hydrogen (secondary N) is 1. The lowest BCUT2D eigenvalue weighted by molar-refractivity contribution is 0.139. The highest BCUT2D eigenvalue weighted by Gasteiger charge is 2.18. The zero-order chi connectivity index (χ0) is 24.7. The molecular weight excluding hydrogens is 456 g/mol. The summed E-state index contributed by atoms with van der Waals surface area (Å²) in [6.45, 7) is 5.96. The topological polar surface area (TPSA) is 84.9 Å². The van der Waals surface area contributed by atoms with Crippen molar-refractivity contribution in [1.29, 1.82) is 0 Å². The quantitative estimate of drug-likeness (QED) is 0.544. The summed E-state index contributed by atoms with van der Waals surface area (Å²) in [5.74, 6) is 1.06. The highest BCUT2D eigenvalue weighted by Crippen LogP contribution is 2.29. The molecule has 5 rings (SSSR count). The molecule has 36 heavy (non-hydrogen) atoms. The number of pyridine rings is 1. The van der Waals surface area contributed by atoms with E-state index in [-0.39, 0.29) is 0 Å². The number of likely N-dealkylation sites (N-methyl/N-ethyl adjacent to an activating group) is 1. The van der Waals surface area contributed by atoms with Gasteiger partial charge in [-0.2, -0.15) is 0 Å². The Morgan fingerprint density at radius 2 is 1.69 bits per heavy atom. The zero-order valence-corrected chi connectivity index (χ0v) is 20.8. The first kappa shape index (κ1) is 24.2. The minimum Gasteiger partial charge on any atom is -0.481 e. The van der Waals surface area contributed by atoms with Crippen molar-refractivity contribution in [3.8, 4) is 17.1 Å². The number of ether oxygens (including phenoxy) is 3. The van der Waals surface area contributed by atoms with Crippen molar-refractivity contribution in [2.45, 2.75) is 13.2 Å². The Kier molecular flexibility index (Phi) is 7.70. The summed E-state index contributed by atoms with van der Waals surface area (Å²) in [5.41, 5.74) is 5.76. The Hall–Kier alpha value is -3.53. The summed E-state index contributed by atoms with van der Waals surface area (Å²) in [4.78, 5) is 18.4. The van der Waals surface area contributed by atoms with Crippen LogP contribution in [0.4, 0.5) is 17.3 Å². The Balaban J connectivity index is 1.47. The number of benzene rings is 1. The van der Waals surface area contributed by atoms with Gasteiger partial charge in [-0.25, -0.2) is 15.0 Å². The molecule has 6 bridgehead atoms. The van der Waals surface area contributed by atoms with Crippen molar-refractivity contribution in [2.75, 3.05) is 63.8 Å². The lowest BCUT2D eigenvalue weighted by Crippen LogP contribution is -2.44. The molecule has 0 unspecified atom stereocenters. The molecule has 1 N–H and O–H groups in total. The molecule has 1 aromatic carbocycles. The third-order valence-electron chi connectivity index (χ3n) is 6.36. The second kappa shape index (κ2) is 11.5. The highest BCUT2D eigenvalue weighted by atomic mass is 16.5. The van der Waals surface area contributed by atoms with Gasteiger partial charge in [0.05, 0.1) is 39.2 Å². The second-order valence-corrected chi connectivity index (χ2v) is 8.92. The maximum absolute atomic E-state index is 6.02. The largest absolute Gasteiger partial charge is 0.481 e. The highest BCUT2D eigenvalue weighted by molar-refractivity contribution is 5.66. The first-order chi connectivity index (χ1) is 17.7. The van der Waals surface area contributed by atoms with Crippen LogP contribution < -0.4 is 15.0 Å². The van der Waals surface area contributed by atoms with Crippen LogP contribution in [0.25, 0.3) is 11.3 Å². The lowest BCUT2D eigenvalue weighted by Gasteiger charge is -2.35. The molecule has 2 aliphatic heterocycles. The van der Waals surface area contributed by atoms with E-state index in [0.717, 1.165) is 54.3 Å². The Morgan fingerprint density at radius 3 is 2.47 bits per heavy atom. The molecule has 2 aromatic heterocycles. The van der Waals surface area contributed by atoms with Crippen LogP contribution in [0.5, 0.6) is 5.88 Å². The van der Waals surface area contributed by atoms with E-state index in [0.29, 0.717) is 38.3 Å². The number of anilines is 3. The monoisotopic (exact) mass is 488 g/mol. The number of fused-ring (bicyclic) bond motifs is 7. The fraction of sp³-hybridized carbons (Fsp3) is 0.370. The van der Waals surface area contributed by atoms with Crippen molar-refractivity contribution in [1.82, 2.24) is 19.9 Å². The van der Waals surface area contributed by atoms with E-state index < -0.39 is 0 Å². The summed E-state index contributed by atoms with van der Waals surface area (Å²) in [6.07, 6.45) is 7.47. The minimum atomic E-state index is 0.379. The molecule has 0 spiro atoms. The van der Waals surface area contributed by atoms with Gasteiger partial charge < -0.3 is 29.3 Å². The number of hydrogen-bond acceptors (Lipinski definition) is 9. The third kappa shape index (κ3) is 5.81. The molecule has 1 saturated heterocycles. The molecule has 1 fully saturated rings. The van der Waals surface area contributed by atoms with Gasteiger partial charge in [0.1, 0.15) is 0 Å². The smallest absolute Gasteiger partial charge is 0.227 e. The number of nitrogens with zero attached hydrogens (tertiary/aromatic N) is 5. The molecular formula is C27H32N6O3. The van der Waals surface area contributed by atoms with Crippen LogP contribution in [0.1, 0.15) is 11.1 Å². The van der Waals surface area contributed by atoms with E-state index in [4.69, 9.17) is 19.2 Å². The van der Waals surface area contributed by atoms with E-state index >= 15 is 0 Å². The summed E-state index contributed by atoms with van der Waals surface area (Å²) in [5, 5.41) is 3.37. The van der Waals surface area contributed by atoms with Crippen LogP contribution in [-0.4, -0.2) is 73.4 Å². The Morgan fingerprint density at radius 1 is 0.917 bits per heavy atom. The van der Waals surface area contributed by atoms with E-state index in [1.165, 1.54) is 5.69 Å². The molecule has 2 aliphatic rings. The van der Waals surface area contributed by atoms with Crippen molar-refractivity contribution in [2.24, 2.45) is 0 Å². The van der Waals surface area contributed by atoms with Crippen LogP contribution >= 0.6 is 0 Å². The molecule has 9 heteroatoms. The van der Waals surface area contributed by atoms with Crippen molar-refractivity contribution in [3.05, 3.63) is 66.0 Å². The van der Waals surface area contributed by atoms with Gasteiger partial charge in [-0.15, -0.1) is 0 Å². The molecule has 0 amide bonds. The summed E-state index contributed by atoms with van der Waals surface area (Å²) in [6, 6.07) is 10.2. The number of piperazine rings is 1. The summed E-state index contributed by atoms with van der Waals surface area (Å²) >= 11 is 0. The first-order valence-corrected chi connectivity index (χ1v) is 12.2. The van der Waals surface area contributed by atoms with Crippen LogP contribution in [0.15, 0.2) is 54.9 Å². The van der Waals surface area contributed by atoms with Gasteiger partial charge in [0.25, 0.3) is 0 Å².